The van der Waals surface area contributed by atoms with Gasteiger partial charge in [-0.05, 0) is 54.5 Å². The monoisotopic (exact) mass is 406 g/mol. The van der Waals surface area contributed by atoms with Gasteiger partial charge in [-0.3, -0.25) is 4.98 Å². The van der Waals surface area contributed by atoms with Gasteiger partial charge in [-0.25, -0.2) is 0 Å². The Morgan fingerprint density at radius 2 is 1.69 bits per heavy atom. The van der Waals surface area contributed by atoms with E-state index < -0.39 is 17.3 Å². The topological polar surface area (TPSA) is 56.6 Å². The van der Waals surface area contributed by atoms with E-state index in [0.29, 0.717) is 31.1 Å². The van der Waals surface area contributed by atoms with Crippen LogP contribution in [-0.2, 0) is 19.0 Å². The van der Waals surface area contributed by atoms with E-state index in [1.165, 1.54) is 18.3 Å². The van der Waals surface area contributed by atoms with E-state index in [9.17, 15) is 23.4 Å². The second-order valence-electron chi connectivity index (χ2n) is 8.54. The molecule has 2 heterocycles. The molecule has 0 amide bonds. The fourth-order valence-corrected chi connectivity index (χ4v) is 4.91. The predicted octanol–water partition coefficient (Wildman–Crippen LogP) is 3.66. The summed E-state index contributed by atoms with van der Waals surface area (Å²) < 4.78 is 38.1. The lowest BCUT2D eigenvalue weighted by molar-refractivity contribution is -0.137. The Bertz CT molecular complexity index is 823. The van der Waals surface area contributed by atoms with Crippen molar-refractivity contribution in [2.75, 3.05) is 19.6 Å². The lowest BCUT2D eigenvalue weighted by Gasteiger charge is -2.26. The third-order valence-corrected chi connectivity index (χ3v) is 6.24. The van der Waals surface area contributed by atoms with Crippen LogP contribution in [0.5, 0.6) is 5.75 Å². The van der Waals surface area contributed by atoms with Crippen LogP contribution in [0.3, 0.4) is 0 Å². The van der Waals surface area contributed by atoms with Crippen LogP contribution in [0, 0.1) is 11.8 Å². The molecule has 4 rings (SSSR count). The van der Waals surface area contributed by atoms with E-state index >= 15 is 0 Å². The first-order valence-electron chi connectivity index (χ1n) is 9.95. The van der Waals surface area contributed by atoms with Gasteiger partial charge in [0.25, 0.3) is 0 Å². The van der Waals surface area contributed by atoms with Crippen LogP contribution in [0.4, 0.5) is 13.2 Å². The number of aromatic hydroxyl groups is 1. The zero-order valence-corrected chi connectivity index (χ0v) is 16.1. The van der Waals surface area contributed by atoms with Gasteiger partial charge in [0.15, 0.2) is 0 Å². The number of halogens is 3. The highest BCUT2D eigenvalue weighted by Crippen LogP contribution is 2.45. The van der Waals surface area contributed by atoms with Gasteiger partial charge >= 0.3 is 6.18 Å². The number of likely N-dealkylation sites (tertiary alicyclic amines) is 1. The van der Waals surface area contributed by atoms with Crippen LogP contribution in [-0.4, -0.2) is 45.3 Å². The number of rotatable bonds is 5. The Balaban J connectivity index is 1.29. The average Bonchev–Trinajstić information content (AvgIpc) is 3.15. The maximum atomic E-state index is 12.7. The van der Waals surface area contributed by atoms with E-state index in [1.807, 2.05) is 6.07 Å². The molecule has 2 atom stereocenters. The summed E-state index contributed by atoms with van der Waals surface area (Å²) in [5, 5.41) is 20.3. The van der Waals surface area contributed by atoms with Crippen molar-refractivity contribution in [3.63, 3.8) is 0 Å². The first kappa shape index (κ1) is 20.2. The van der Waals surface area contributed by atoms with Crippen molar-refractivity contribution >= 4 is 0 Å². The van der Waals surface area contributed by atoms with Crippen molar-refractivity contribution in [3.8, 4) is 5.75 Å². The third kappa shape index (κ3) is 4.73. The number of alkyl halides is 3. The standard InChI is InChI=1S/C22H25F3N2O2/c23-22(24,25)18-3-1-15(2-4-18)9-21(29)10-16-13-27(14-17(16)11-21)8-7-19-5-6-20(28)12-26-19/h1-6,12,16-17,28-29H,7-11,13-14H2. The first-order valence-corrected chi connectivity index (χ1v) is 9.95. The molecule has 1 aromatic carbocycles. The van der Waals surface area contributed by atoms with Gasteiger partial charge in [0.1, 0.15) is 5.75 Å². The Morgan fingerprint density at radius 1 is 1.03 bits per heavy atom. The van der Waals surface area contributed by atoms with Gasteiger partial charge in [-0.2, -0.15) is 13.2 Å². The Kier molecular flexibility index (Phi) is 5.29. The molecule has 1 aliphatic carbocycles. The normalized spacial score (nSPS) is 27.3. The molecule has 4 nitrogen and oxygen atoms in total. The van der Waals surface area contributed by atoms with Gasteiger partial charge in [-0.1, -0.05) is 12.1 Å². The van der Waals surface area contributed by atoms with Gasteiger partial charge in [0.2, 0.25) is 0 Å². The lowest BCUT2D eigenvalue weighted by Crippen LogP contribution is -2.32. The van der Waals surface area contributed by atoms with E-state index in [2.05, 4.69) is 9.88 Å². The minimum absolute atomic E-state index is 0.164. The number of fused-ring (bicyclic) bond motifs is 1. The van der Waals surface area contributed by atoms with Gasteiger partial charge in [0.05, 0.1) is 17.4 Å². The van der Waals surface area contributed by atoms with E-state index in [0.717, 1.165) is 49.4 Å². The summed E-state index contributed by atoms with van der Waals surface area (Å²) in [7, 11) is 0. The summed E-state index contributed by atoms with van der Waals surface area (Å²) >= 11 is 0. The highest BCUT2D eigenvalue weighted by atomic mass is 19.4. The molecular formula is C22H25F3N2O2. The summed E-state index contributed by atoms with van der Waals surface area (Å²) in [4.78, 5) is 6.61. The van der Waals surface area contributed by atoms with Crippen molar-refractivity contribution in [3.05, 3.63) is 59.4 Å². The van der Waals surface area contributed by atoms with Crippen LogP contribution in [0.1, 0.15) is 29.7 Å². The summed E-state index contributed by atoms with van der Waals surface area (Å²) in [6.45, 7) is 2.75. The second kappa shape index (κ2) is 7.61. The molecule has 156 valence electrons. The van der Waals surface area contributed by atoms with Gasteiger partial charge in [-0.15, -0.1) is 0 Å². The minimum Gasteiger partial charge on any atom is -0.506 e. The molecule has 2 aliphatic rings. The number of nitrogens with zero attached hydrogens (tertiary/aromatic N) is 2. The van der Waals surface area contributed by atoms with Gasteiger partial charge < -0.3 is 15.1 Å². The second-order valence-corrected chi connectivity index (χ2v) is 8.54. The fourth-order valence-electron chi connectivity index (χ4n) is 4.91. The Labute approximate surface area is 168 Å². The molecule has 2 fully saturated rings. The Hall–Kier alpha value is -2.12. The molecule has 0 radical (unpaired) electrons. The number of aromatic nitrogens is 1. The molecule has 2 unspecified atom stereocenters. The minimum atomic E-state index is -4.33. The van der Waals surface area contributed by atoms with Gasteiger partial charge in [0, 0.05) is 38.2 Å². The maximum Gasteiger partial charge on any atom is 0.416 e. The smallest absolute Gasteiger partial charge is 0.416 e. The first-order chi connectivity index (χ1) is 13.7. The molecule has 29 heavy (non-hydrogen) atoms. The predicted molar refractivity (Wildman–Crippen MR) is 102 cm³/mol. The van der Waals surface area contributed by atoms with E-state index in [4.69, 9.17) is 0 Å². The van der Waals surface area contributed by atoms with Crippen molar-refractivity contribution in [1.29, 1.82) is 0 Å². The molecule has 1 saturated heterocycles. The number of benzene rings is 1. The summed E-state index contributed by atoms with van der Waals surface area (Å²) in [5.41, 5.74) is 0.198. The van der Waals surface area contributed by atoms with E-state index in [1.54, 1.807) is 6.07 Å². The fraction of sp³-hybridized carbons (Fsp3) is 0.500. The molecule has 0 bridgehead atoms. The summed E-state index contributed by atoms with van der Waals surface area (Å²) in [6, 6.07) is 8.61. The molecule has 1 aromatic heterocycles. The number of hydrogen-bond acceptors (Lipinski definition) is 4. The summed E-state index contributed by atoms with van der Waals surface area (Å²) in [5.74, 6) is 1.00. The number of hydrogen-bond donors (Lipinski definition) is 2. The largest absolute Gasteiger partial charge is 0.506 e. The average molecular weight is 406 g/mol. The maximum absolute atomic E-state index is 12.7. The SMILES string of the molecule is Oc1ccc(CCN2CC3CC(O)(Cc4ccc(C(F)(F)F)cc4)CC3C2)nc1. The summed E-state index contributed by atoms with van der Waals surface area (Å²) in [6.07, 6.45) is -0.293. The zero-order chi connectivity index (χ0) is 20.6. The van der Waals surface area contributed by atoms with E-state index in [-0.39, 0.29) is 5.75 Å². The van der Waals surface area contributed by atoms with Crippen molar-refractivity contribution < 1.29 is 23.4 Å². The van der Waals surface area contributed by atoms with Crippen LogP contribution in [0.25, 0.3) is 0 Å². The Morgan fingerprint density at radius 3 is 2.24 bits per heavy atom. The highest BCUT2D eigenvalue weighted by molar-refractivity contribution is 5.26. The zero-order valence-electron chi connectivity index (χ0n) is 16.1. The third-order valence-electron chi connectivity index (χ3n) is 6.24. The number of pyridine rings is 1. The highest BCUT2D eigenvalue weighted by Gasteiger charge is 2.47. The molecule has 0 spiro atoms. The lowest BCUT2D eigenvalue weighted by atomic mass is 9.91. The van der Waals surface area contributed by atoms with Crippen LogP contribution >= 0.6 is 0 Å². The molecule has 2 aromatic rings. The van der Waals surface area contributed by atoms with Crippen molar-refractivity contribution in [1.82, 2.24) is 9.88 Å². The quantitative estimate of drug-likeness (QED) is 0.796. The van der Waals surface area contributed by atoms with Crippen molar-refractivity contribution in [2.45, 2.75) is 37.5 Å². The molecule has 7 heteroatoms. The molecule has 1 aliphatic heterocycles. The molecule has 1 saturated carbocycles. The van der Waals surface area contributed by atoms with Crippen LogP contribution < -0.4 is 0 Å². The van der Waals surface area contributed by atoms with Crippen molar-refractivity contribution in [2.24, 2.45) is 11.8 Å². The molecule has 2 N–H and O–H groups in total. The number of aliphatic hydroxyl groups is 1. The molecular weight excluding hydrogens is 381 g/mol. The van der Waals surface area contributed by atoms with Crippen LogP contribution in [0.2, 0.25) is 0 Å². The van der Waals surface area contributed by atoms with Crippen LogP contribution in [0.15, 0.2) is 42.6 Å².